The molecule has 0 aliphatic carbocycles. The first-order valence-electron chi connectivity index (χ1n) is 8.73. The van der Waals surface area contributed by atoms with E-state index in [9.17, 15) is 18.5 Å². The summed E-state index contributed by atoms with van der Waals surface area (Å²) in [6.07, 6.45) is 1.16. The molecule has 0 spiro atoms. The first kappa shape index (κ1) is 20.8. The fourth-order valence-corrected chi connectivity index (χ4v) is 3.95. The van der Waals surface area contributed by atoms with Gasteiger partial charge in [0.05, 0.1) is 26.6 Å². The van der Waals surface area contributed by atoms with E-state index in [1.54, 1.807) is 31.2 Å². The lowest BCUT2D eigenvalue weighted by atomic mass is 9.98. The Morgan fingerprint density at radius 1 is 1.00 bits per heavy atom. The molecule has 150 valence electrons. The van der Waals surface area contributed by atoms with E-state index >= 15 is 0 Å². The van der Waals surface area contributed by atoms with Crippen molar-refractivity contribution < 1.29 is 13.3 Å². The number of sulfone groups is 1. The van der Waals surface area contributed by atoms with Gasteiger partial charge in [0.1, 0.15) is 0 Å². The Hall–Kier alpha value is -2.90. The van der Waals surface area contributed by atoms with Crippen molar-refractivity contribution in [3.63, 3.8) is 0 Å². The van der Waals surface area contributed by atoms with Crippen molar-refractivity contribution in [3.05, 3.63) is 98.6 Å². The summed E-state index contributed by atoms with van der Waals surface area (Å²) in [4.78, 5) is 10.9. The van der Waals surface area contributed by atoms with Gasteiger partial charge in [0.2, 0.25) is 0 Å². The maximum Gasteiger partial charge on any atom is 0.273 e. The number of hydrogen-bond acceptors (Lipinski definition) is 5. The lowest BCUT2D eigenvalue weighted by Gasteiger charge is -2.22. The highest BCUT2D eigenvalue weighted by Crippen LogP contribution is 2.35. The van der Waals surface area contributed by atoms with Gasteiger partial charge in [0, 0.05) is 17.9 Å². The summed E-state index contributed by atoms with van der Waals surface area (Å²) in [5, 5.41) is 14.7. The van der Waals surface area contributed by atoms with E-state index < -0.39 is 20.8 Å². The fourth-order valence-electron chi connectivity index (χ4n) is 3.06. The second-order valence-corrected chi connectivity index (χ2v) is 9.13. The molecule has 3 rings (SSSR count). The zero-order valence-electron chi connectivity index (χ0n) is 15.8. The number of benzene rings is 3. The molecule has 3 aromatic carbocycles. The maximum absolute atomic E-state index is 12.0. The van der Waals surface area contributed by atoms with Crippen molar-refractivity contribution in [2.45, 2.75) is 17.9 Å². The van der Waals surface area contributed by atoms with Crippen molar-refractivity contribution in [1.29, 1.82) is 0 Å². The molecule has 1 N–H and O–H groups in total. The number of nitrogens with zero attached hydrogens (tertiary/aromatic N) is 1. The van der Waals surface area contributed by atoms with Crippen LogP contribution >= 0.6 is 11.6 Å². The van der Waals surface area contributed by atoms with Crippen LogP contribution in [0.5, 0.6) is 0 Å². The number of anilines is 1. The molecule has 3 aromatic rings. The van der Waals surface area contributed by atoms with E-state index in [4.69, 9.17) is 11.6 Å². The highest BCUT2D eigenvalue weighted by atomic mass is 35.5. The van der Waals surface area contributed by atoms with Crippen LogP contribution in [-0.4, -0.2) is 19.6 Å². The van der Waals surface area contributed by atoms with Gasteiger partial charge in [-0.15, -0.1) is 0 Å². The first-order chi connectivity index (χ1) is 13.7. The fraction of sp³-hybridized carbons (Fsp3) is 0.143. The third-order valence-corrected chi connectivity index (χ3v) is 5.96. The highest BCUT2D eigenvalue weighted by molar-refractivity contribution is 7.90. The molecule has 0 amide bonds. The smallest absolute Gasteiger partial charge is 0.273 e. The zero-order valence-corrected chi connectivity index (χ0v) is 17.4. The van der Waals surface area contributed by atoms with Crippen LogP contribution < -0.4 is 5.32 Å². The summed E-state index contributed by atoms with van der Waals surface area (Å²) in [7, 11) is -3.37. The van der Waals surface area contributed by atoms with Gasteiger partial charge in [-0.2, -0.15) is 0 Å². The molecule has 1 unspecified atom stereocenters. The molecular formula is C21H19ClN2O4S. The second-order valence-electron chi connectivity index (χ2n) is 6.71. The molecule has 0 saturated heterocycles. The quantitative estimate of drug-likeness (QED) is 0.431. The molecule has 0 radical (unpaired) electrons. The van der Waals surface area contributed by atoms with E-state index in [0.29, 0.717) is 11.3 Å². The number of nitro benzene ring substituents is 1. The van der Waals surface area contributed by atoms with Gasteiger partial charge < -0.3 is 5.32 Å². The minimum absolute atomic E-state index is 0.0594. The molecule has 0 aliphatic rings. The molecule has 0 aliphatic heterocycles. The van der Waals surface area contributed by atoms with Crippen LogP contribution in [0.3, 0.4) is 0 Å². The van der Waals surface area contributed by atoms with E-state index in [-0.39, 0.29) is 15.6 Å². The molecule has 0 aromatic heterocycles. The topological polar surface area (TPSA) is 89.3 Å². The van der Waals surface area contributed by atoms with Crippen LogP contribution in [0.2, 0.25) is 5.02 Å². The van der Waals surface area contributed by atoms with Gasteiger partial charge in [-0.1, -0.05) is 54.1 Å². The van der Waals surface area contributed by atoms with Crippen LogP contribution in [-0.2, 0) is 9.84 Å². The molecule has 1 atom stereocenters. The van der Waals surface area contributed by atoms with E-state index in [1.807, 2.05) is 36.4 Å². The Labute approximate surface area is 174 Å². The van der Waals surface area contributed by atoms with Crippen LogP contribution in [0.4, 0.5) is 11.4 Å². The van der Waals surface area contributed by atoms with Crippen molar-refractivity contribution in [2.75, 3.05) is 11.6 Å². The number of hydrogen-bond donors (Lipinski definition) is 1. The van der Waals surface area contributed by atoms with Gasteiger partial charge in [0.15, 0.2) is 9.84 Å². The van der Waals surface area contributed by atoms with Gasteiger partial charge >= 0.3 is 0 Å². The first-order valence-corrected chi connectivity index (χ1v) is 11.0. The predicted molar refractivity (Wildman–Crippen MR) is 114 cm³/mol. The highest BCUT2D eigenvalue weighted by Gasteiger charge is 2.20. The molecule has 6 nitrogen and oxygen atoms in total. The molecule has 0 bridgehead atoms. The number of aryl methyl sites for hydroxylation is 1. The van der Waals surface area contributed by atoms with Crippen LogP contribution in [0.15, 0.2) is 71.6 Å². The zero-order chi connectivity index (χ0) is 21.2. The van der Waals surface area contributed by atoms with Crippen LogP contribution in [0, 0.1) is 17.0 Å². The Bertz CT molecular complexity index is 1160. The molecule has 8 heteroatoms. The minimum Gasteiger partial charge on any atom is -0.373 e. The Kier molecular flexibility index (Phi) is 5.91. The Morgan fingerprint density at radius 2 is 1.66 bits per heavy atom. The molecular weight excluding hydrogens is 412 g/mol. The monoisotopic (exact) mass is 430 g/mol. The third kappa shape index (κ3) is 4.75. The van der Waals surface area contributed by atoms with E-state index in [1.165, 1.54) is 6.07 Å². The van der Waals surface area contributed by atoms with Gasteiger partial charge in [-0.25, -0.2) is 8.42 Å². The van der Waals surface area contributed by atoms with Crippen LogP contribution in [0.25, 0.3) is 0 Å². The standard InChI is InChI=1S/C21H19ClN2O4S/c1-14-11-19(18(22)13-20(14)24(25)26)23-21(15-7-4-3-5-8-15)16-9-6-10-17(12-16)29(2,27)28/h3-13,21,23H,1-2H3. The maximum atomic E-state index is 12.0. The summed E-state index contributed by atoms with van der Waals surface area (Å²) in [5.41, 5.74) is 2.55. The Morgan fingerprint density at radius 3 is 2.28 bits per heavy atom. The van der Waals surface area contributed by atoms with Crippen molar-refractivity contribution in [3.8, 4) is 0 Å². The average molecular weight is 431 g/mol. The van der Waals surface area contributed by atoms with E-state index in [2.05, 4.69) is 5.32 Å². The molecule has 0 saturated carbocycles. The van der Waals surface area contributed by atoms with Gasteiger partial charge in [-0.3, -0.25) is 10.1 Å². The molecule has 0 heterocycles. The van der Waals surface area contributed by atoms with Crippen molar-refractivity contribution >= 4 is 32.8 Å². The molecule has 0 fully saturated rings. The second kappa shape index (κ2) is 8.23. The SMILES string of the molecule is Cc1cc(NC(c2ccccc2)c2cccc(S(C)(=O)=O)c2)c(Cl)cc1[N+](=O)[O-]. The lowest BCUT2D eigenvalue weighted by molar-refractivity contribution is -0.385. The Balaban J connectivity index is 2.10. The number of nitrogens with one attached hydrogen (secondary N) is 1. The summed E-state index contributed by atoms with van der Waals surface area (Å²) in [5.74, 6) is 0. The van der Waals surface area contributed by atoms with Gasteiger partial charge in [0.25, 0.3) is 5.69 Å². The number of nitro groups is 1. The van der Waals surface area contributed by atoms with Gasteiger partial charge in [-0.05, 0) is 36.2 Å². The largest absolute Gasteiger partial charge is 0.373 e. The summed E-state index contributed by atoms with van der Waals surface area (Å²) >= 11 is 6.31. The number of halogens is 1. The number of rotatable bonds is 6. The van der Waals surface area contributed by atoms with E-state index in [0.717, 1.165) is 17.4 Å². The summed E-state index contributed by atoms with van der Waals surface area (Å²) < 4.78 is 24.0. The van der Waals surface area contributed by atoms with Crippen molar-refractivity contribution in [2.24, 2.45) is 0 Å². The lowest BCUT2D eigenvalue weighted by Crippen LogP contribution is -2.14. The van der Waals surface area contributed by atoms with Crippen LogP contribution in [0.1, 0.15) is 22.7 Å². The minimum atomic E-state index is -3.37. The predicted octanol–water partition coefficient (Wildman–Crippen LogP) is 5.16. The third-order valence-electron chi connectivity index (χ3n) is 4.53. The summed E-state index contributed by atoms with van der Waals surface area (Å²) in [6.45, 7) is 1.64. The van der Waals surface area contributed by atoms with Crippen molar-refractivity contribution in [1.82, 2.24) is 0 Å². The normalized spacial score (nSPS) is 12.4. The summed E-state index contributed by atoms with van der Waals surface area (Å²) in [6, 6.07) is 18.7. The average Bonchev–Trinajstić information content (AvgIpc) is 2.68. The molecule has 29 heavy (non-hydrogen) atoms.